The highest BCUT2D eigenvalue weighted by atomic mass is 16.5. The van der Waals surface area contributed by atoms with E-state index in [9.17, 15) is 0 Å². The van der Waals surface area contributed by atoms with Gasteiger partial charge in [0, 0.05) is 18.5 Å². The number of likely N-dealkylation sites (tertiary alicyclic amines) is 1. The van der Waals surface area contributed by atoms with Crippen molar-refractivity contribution in [1.29, 1.82) is 0 Å². The molecule has 0 saturated carbocycles. The summed E-state index contributed by atoms with van der Waals surface area (Å²) in [5, 5.41) is 0. The SMILES string of the molecule is CCOc1ccc(C(CN)C2CCCCN2C)cc1C. The maximum atomic E-state index is 6.09. The van der Waals surface area contributed by atoms with Gasteiger partial charge in [-0.25, -0.2) is 0 Å². The van der Waals surface area contributed by atoms with E-state index in [1.807, 2.05) is 6.92 Å². The molecule has 2 rings (SSSR count). The second-order valence-corrected chi connectivity index (χ2v) is 5.84. The van der Waals surface area contributed by atoms with Crippen LogP contribution in [0.25, 0.3) is 0 Å². The van der Waals surface area contributed by atoms with E-state index in [-0.39, 0.29) is 0 Å². The van der Waals surface area contributed by atoms with Crippen molar-refractivity contribution in [3.63, 3.8) is 0 Å². The number of nitrogens with two attached hydrogens (primary N) is 1. The minimum absolute atomic E-state index is 0.426. The van der Waals surface area contributed by atoms with E-state index in [0.717, 1.165) is 5.75 Å². The van der Waals surface area contributed by atoms with E-state index in [4.69, 9.17) is 10.5 Å². The van der Waals surface area contributed by atoms with E-state index in [0.29, 0.717) is 25.1 Å². The van der Waals surface area contributed by atoms with Gasteiger partial charge in [0.15, 0.2) is 0 Å². The first-order valence-corrected chi connectivity index (χ1v) is 7.81. The molecule has 1 aliphatic heterocycles. The lowest BCUT2D eigenvalue weighted by Gasteiger charge is -2.38. The van der Waals surface area contributed by atoms with E-state index in [1.54, 1.807) is 0 Å². The van der Waals surface area contributed by atoms with Crippen LogP contribution in [-0.2, 0) is 0 Å². The zero-order valence-electron chi connectivity index (χ0n) is 13.1. The molecule has 3 nitrogen and oxygen atoms in total. The lowest BCUT2D eigenvalue weighted by molar-refractivity contribution is 0.160. The first kappa shape index (κ1) is 15.3. The maximum Gasteiger partial charge on any atom is 0.122 e. The lowest BCUT2D eigenvalue weighted by atomic mass is 9.85. The van der Waals surface area contributed by atoms with Gasteiger partial charge in [0.1, 0.15) is 5.75 Å². The number of nitrogens with zero attached hydrogens (tertiary/aromatic N) is 1. The maximum absolute atomic E-state index is 6.09. The van der Waals surface area contributed by atoms with Gasteiger partial charge in [-0.15, -0.1) is 0 Å². The largest absolute Gasteiger partial charge is 0.494 e. The Labute approximate surface area is 123 Å². The summed E-state index contributed by atoms with van der Waals surface area (Å²) >= 11 is 0. The van der Waals surface area contributed by atoms with Crippen LogP contribution in [0.3, 0.4) is 0 Å². The number of piperidine rings is 1. The Morgan fingerprint density at radius 1 is 1.40 bits per heavy atom. The molecule has 0 radical (unpaired) electrons. The quantitative estimate of drug-likeness (QED) is 0.898. The van der Waals surface area contributed by atoms with Crippen LogP contribution in [-0.4, -0.2) is 37.7 Å². The van der Waals surface area contributed by atoms with Gasteiger partial charge in [-0.1, -0.05) is 18.6 Å². The molecule has 0 aromatic heterocycles. The number of benzene rings is 1. The van der Waals surface area contributed by atoms with Gasteiger partial charge in [-0.05, 0) is 57.5 Å². The van der Waals surface area contributed by atoms with E-state index >= 15 is 0 Å². The van der Waals surface area contributed by atoms with Crippen molar-refractivity contribution in [3.8, 4) is 5.75 Å². The fraction of sp³-hybridized carbons (Fsp3) is 0.647. The summed E-state index contributed by atoms with van der Waals surface area (Å²) in [4.78, 5) is 2.48. The number of likely N-dealkylation sites (N-methyl/N-ethyl adjacent to an activating group) is 1. The van der Waals surface area contributed by atoms with E-state index < -0.39 is 0 Å². The normalized spacial score (nSPS) is 21.7. The molecule has 1 aromatic carbocycles. The van der Waals surface area contributed by atoms with Gasteiger partial charge in [0.05, 0.1) is 6.61 Å². The molecule has 3 heteroatoms. The van der Waals surface area contributed by atoms with Crippen LogP contribution < -0.4 is 10.5 Å². The second kappa shape index (κ2) is 7.09. The van der Waals surface area contributed by atoms with Gasteiger partial charge in [-0.2, -0.15) is 0 Å². The third kappa shape index (κ3) is 3.33. The van der Waals surface area contributed by atoms with Gasteiger partial charge in [0.2, 0.25) is 0 Å². The summed E-state index contributed by atoms with van der Waals surface area (Å²) in [6, 6.07) is 7.12. The molecule has 1 heterocycles. The molecular formula is C17H28N2O. The van der Waals surface area contributed by atoms with Crippen LogP contribution >= 0.6 is 0 Å². The fourth-order valence-corrected chi connectivity index (χ4v) is 3.35. The molecule has 0 amide bonds. The topological polar surface area (TPSA) is 38.5 Å². The number of rotatable bonds is 5. The minimum atomic E-state index is 0.426. The molecule has 2 atom stereocenters. The van der Waals surface area contributed by atoms with Gasteiger partial charge in [-0.3, -0.25) is 0 Å². The zero-order valence-corrected chi connectivity index (χ0v) is 13.1. The predicted octanol–water partition coefficient (Wildman–Crippen LogP) is 2.92. The summed E-state index contributed by atoms with van der Waals surface area (Å²) < 4.78 is 5.63. The van der Waals surface area contributed by atoms with Crippen LogP contribution in [0.4, 0.5) is 0 Å². The van der Waals surface area contributed by atoms with Crippen molar-refractivity contribution < 1.29 is 4.74 Å². The fourth-order valence-electron chi connectivity index (χ4n) is 3.35. The van der Waals surface area contributed by atoms with Crippen LogP contribution in [0.5, 0.6) is 5.75 Å². The van der Waals surface area contributed by atoms with Crippen molar-refractivity contribution in [1.82, 2.24) is 4.90 Å². The Balaban J connectivity index is 2.20. The van der Waals surface area contributed by atoms with E-state index in [1.165, 1.54) is 36.9 Å². The van der Waals surface area contributed by atoms with Crippen LogP contribution in [0.2, 0.25) is 0 Å². The average molecular weight is 276 g/mol. The van der Waals surface area contributed by atoms with Crippen molar-refractivity contribution in [2.24, 2.45) is 5.73 Å². The number of ether oxygens (including phenoxy) is 1. The minimum Gasteiger partial charge on any atom is -0.494 e. The van der Waals surface area contributed by atoms with Gasteiger partial charge in [0.25, 0.3) is 0 Å². The van der Waals surface area contributed by atoms with E-state index in [2.05, 4.69) is 37.1 Å². The third-order valence-electron chi connectivity index (χ3n) is 4.47. The first-order valence-electron chi connectivity index (χ1n) is 7.81. The third-order valence-corrected chi connectivity index (χ3v) is 4.47. The van der Waals surface area contributed by atoms with Crippen LogP contribution in [0.1, 0.15) is 43.2 Å². The van der Waals surface area contributed by atoms with Crippen LogP contribution in [0, 0.1) is 6.92 Å². The number of hydrogen-bond donors (Lipinski definition) is 1. The molecule has 0 spiro atoms. The van der Waals surface area contributed by atoms with Crippen molar-refractivity contribution in [3.05, 3.63) is 29.3 Å². The summed E-state index contributed by atoms with van der Waals surface area (Å²) in [6.45, 7) is 6.76. The Hall–Kier alpha value is -1.06. The monoisotopic (exact) mass is 276 g/mol. The van der Waals surface area contributed by atoms with Crippen molar-refractivity contribution in [2.45, 2.75) is 45.1 Å². The summed E-state index contributed by atoms with van der Waals surface area (Å²) in [5.74, 6) is 1.42. The summed E-state index contributed by atoms with van der Waals surface area (Å²) in [7, 11) is 2.23. The molecule has 2 N–H and O–H groups in total. The summed E-state index contributed by atoms with van der Waals surface area (Å²) in [6.07, 6.45) is 3.89. The van der Waals surface area contributed by atoms with Crippen molar-refractivity contribution in [2.75, 3.05) is 26.7 Å². The molecule has 20 heavy (non-hydrogen) atoms. The smallest absolute Gasteiger partial charge is 0.122 e. The zero-order chi connectivity index (χ0) is 14.5. The Morgan fingerprint density at radius 3 is 2.80 bits per heavy atom. The lowest BCUT2D eigenvalue weighted by Crippen LogP contribution is -2.42. The molecule has 1 fully saturated rings. The molecule has 112 valence electrons. The molecule has 1 aliphatic rings. The Bertz CT molecular complexity index is 433. The molecular weight excluding hydrogens is 248 g/mol. The Kier molecular flexibility index (Phi) is 5.44. The highest BCUT2D eigenvalue weighted by Gasteiger charge is 2.28. The number of hydrogen-bond acceptors (Lipinski definition) is 3. The highest BCUT2D eigenvalue weighted by molar-refractivity contribution is 5.38. The predicted molar refractivity (Wildman–Crippen MR) is 84.4 cm³/mol. The standard InChI is InChI=1S/C17H28N2O/c1-4-20-17-9-8-14(11-13(17)2)15(12-18)16-7-5-6-10-19(16)3/h8-9,11,15-16H,4-7,10,12,18H2,1-3H3. The Morgan fingerprint density at radius 2 is 2.20 bits per heavy atom. The molecule has 1 saturated heterocycles. The van der Waals surface area contributed by atoms with Crippen LogP contribution in [0.15, 0.2) is 18.2 Å². The molecule has 0 bridgehead atoms. The molecule has 1 aromatic rings. The average Bonchev–Trinajstić information content (AvgIpc) is 2.45. The summed E-state index contributed by atoms with van der Waals surface area (Å²) in [5.41, 5.74) is 8.65. The number of aryl methyl sites for hydroxylation is 1. The highest BCUT2D eigenvalue weighted by Crippen LogP contribution is 2.31. The second-order valence-electron chi connectivity index (χ2n) is 5.84. The first-order chi connectivity index (χ1) is 9.67. The molecule has 0 aliphatic carbocycles. The van der Waals surface area contributed by atoms with Crippen molar-refractivity contribution >= 4 is 0 Å². The van der Waals surface area contributed by atoms with Gasteiger partial charge < -0.3 is 15.4 Å². The van der Waals surface area contributed by atoms with Gasteiger partial charge >= 0.3 is 0 Å². The molecule has 2 unspecified atom stereocenters.